The van der Waals surface area contributed by atoms with Gasteiger partial charge in [0.15, 0.2) is 0 Å². The van der Waals surface area contributed by atoms with E-state index in [0.717, 1.165) is 26.6 Å². The summed E-state index contributed by atoms with van der Waals surface area (Å²) < 4.78 is 6.14. The summed E-state index contributed by atoms with van der Waals surface area (Å²) in [5.74, 6) is 0.572. The lowest BCUT2D eigenvalue weighted by atomic mass is 10.2. The van der Waals surface area contributed by atoms with E-state index in [4.69, 9.17) is 4.74 Å². The second kappa shape index (κ2) is 5.96. The summed E-state index contributed by atoms with van der Waals surface area (Å²) in [5, 5.41) is -0.207. The second-order valence-electron chi connectivity index (χ2n) is 3.82. The van der Waals surface area contributed by atoms with Gasteiger partial charge in [-0.05, 0) is 65.0 Å². The maximum absolute atomic E-state index is 11.9. The van der Waals surface area contributed by atoms with Crippen molar-refractivity contribution >= 4 is 51.6 Å². The van der Waals surface area contributed by atoms with Gasteiger partial charge in [0.2, 0.25) is 0 Å². The number of amides is 2. The zero-order chi connectivity index (χ0) is 14.0. The number of hydrogen-bond acceptors (Lipinski definition) is 4. The molecule has 0 saturated carbocycles. The number of imide groups is 1. The van der Waals surface area contributed by atoms with Gasteiger partial charge in [-0.15, -0.1) is 0 Å². The molecule has 2 amide bonds. The van der Waals surface area contributed by atoms with Crippen LogP contribution in [0.1, 0.15) is 12.5 Å². The predicted molar refractivity (Wildman–Crippen MR) is 84.1 cm³/mol. The van der Waals surface area contributed by atoms with Crippen LogP contribution in [-0.4, -0.2) is 29.7 Å². The smallest absolute Gasteiger partial charge is 0.293 e. The minimum absolute atomic E-state index is 0.207. The van der Waals surface area contributed by atoms with Crippen molar-refractivity contribution in [1.82, 2.24) is 4.90 Å². The Morgan fingerprint density at radius 1 is 1.42 bits per heavy atom. The first-order valence-corrected chi connectivity index (χ1v) is 7.55. The third-order valence-corrected chi connectivity index (χ3v) is 4.41. The van der Waals surface area contributed by atoms with E-state index in [1.54, 1.807) is 20.1 Å². The number of halogens is 1. The lowest BCUT2D eigenvalue weighted by molar-refractivity contribution is -0.122. The van der Waals surface area contributed by atoms with E-state index in [1.165, 1.54) is 4.90 Å². The molecule has 0 bridgehead atoms. The standard InChI is InChI=1S/C13H12INO3S/c1-3-15-12(16)11(19-13(15)17)7-8-4-5-10(18-2)9(14)6-8/h4-7H,3H2,1-2H3/b11-7-. The Balaban J connectivity index is 2.30. The van der Waals surface area contributed by atoms with Gasteiger partial charge < -0.3 is 4.74 Å². The number of carbonyl (C=O) groups is 2. The number of benzene rings is 1. The van der Waals surface area contributed by atoms with Gasteiger partial charge in [0.25, 0.3) is 11.1 Å². The Labute approximate surface area is 129 Å². The van der Waals surface area contributed by atoms with Gasteiger partial charge in [0.1, 0.15) is 5.75 Å². The highest BCUT2D eigenvalue weighted by Gasteiger charge is 2.33. The van der Waals surface area contributed by atoms with Gasteiger partial charge >= 0.3 is 0 Å². The van der Waals surface area contributed by atoms with Crippen molar-refractivity contribution in [1.29, 1.82) is 0 Å². The third-order valence-electron chi connectivity index (χ3n) is 2.66. The molecule has 0 aromatic heterocycles. The molecule has 0 radical (unpaired) electrons. The molecule has 1 aromatic carbocycles. The van der Waals surface area contributed by atoms with Crippen molar-refractivity contribution in [2.75, 3.05) is 13.7 Å². The molecule has 0 spiro atoms. The summed E-state index contributed by atoms with van der Waals surface area (Å²) in [5.41, 5.74) is 0.881. The number of rotatable bonds is 3. The van der Waals surface area contributed by atoms with Crippen molar-refractivity contribution in [3.63, 3.8) is 0 Å². The molecule has 100 valence electrons. The summed E-state index contributed by atoms with van der Waals surface area (Å²) in [6.07, 6.45) is 1.74. The lowest BCUT2D eigenvalue weighted by Crippen LogP contribution is -2.27. The minimum Gasteiger partial charge on any atom is -0.496 e. The monoisotopic (exact) mass is 389 g/mol. The molecule has 0 unspecified atom stereocenters. The van der Waals surface area contributed by atoms with Crippen molar-refractivity contribution in [3.05, 3.63) is 32.2 Å². The van der Waals surface area contributed by atoms with Gasteiger partial charge in [-0.1, -0.05) is 6.07 Å². The average Bonchev–Trinajstić information content (AvgIpc) is 2.64. The van der Waals surface area contributed by atoms with E-state index in [0.29, 0.717) is 11.4 Å². The molecule has 1 aliphatic rings. The zero-order valence-electron chi connectivity index (χ0n) is 10.5. The Morgan fingerprint density at radius 2 is 2.16 bits per heavy atom. The number of likely N-dealkylation sites (N-methyl/N-ethyl adjacent to an activating group) is 1. The van der Waals surface area contributed by atoms with Gasteiger partial charge in [0.05, 0.1) is 15.6 Å². The molecule has 2 rings (SSSR count). The molecule has 6 heteroatoms. The van der Waals surface area contributed by atoms with Crippen molar-refractivity contribution in [3.8, 4) is 5.75 Å². The van der Waals surface area contributed by atoms with Gasteiger partial charge in [-0.3, -0.25) is 14.5 Å². The number of carbonyl (C=O) groups excluding carboxylic acids is 2. The highest BCUT2D eigenvalue weighted by molar-refractivity contribution is 14.1. The maximum atomic E-state index is 11.9. The van der Waals surface area contributed by atoms with Crippen LogP contribution in [0.3, 0.4) is 0 Å². The molecule has 4 nitrogen and oxygen atoms in total. The van der Waals surface area contributed by atoms with E-state index in [-0.39, 0.29) is 11.1 Å². The fraction of sp³-hybridized carbons (Fsp3) is 0.231. The van der Waals surface area contributed by atoms with Crippen LogP contribution >= 0.6 is 34.4 Å². The first-order chi connectivity index (χ1) is 9.06. The maximum Gasteiger partial charge on any atom is 0.293 e. The largest absolute Gasteiger partial charge is 0.496 e. The number of nitrogens with zero attached hydrogens (tertiary/aromatic N) is 1. The molecule has 0 aliphatic carbocycles. The van der Waals surface area contributed by atoms with Gasteiger partial charge in [0, 0.05) is 6.54 Å². The van der Waals surface area contributed by atoms with Gasteiger partial charge in [-0.2, -0.15) is 0 Å². The SMILES string of the molecule is CCN1C(=O)S/C(=C\c2ccc(OC)c(I)c2)C1=O. The summed E-state index contributed by atoms with van der Waals surface area (Å²) >= 11 is 3.15. The Morgan fingerprint density at radius 3 is 2.68 bits per heavy atom. The Hall–Kier alpha value is -1.02. The second-order valence-corrected chi connectivity index (χ2v) is 5.98. The normalized spacial score (nSPS) is 17.4. The van der Waals surface area contributed by atoms with Crippen LogP contribution in [0.4, 0.5) is 4.79 Å². The molecule has 1 aromatic rings. The minimum atomic E-state index is -0.219. The third kappa shape index (κ3) is 2.94. The highest BCUT2D eigenvalue weighted by atomic mass is 127. The number of thioether (sulfide) groups is 1. The molecular formula is C13H12INO3S. The summed E-state index contributed by atoms with van der Waals surface area (Å²) in [6.45, 7) is 2.19. The predicted octanol–water partition coefficient (Wildman–Crippen LogP) is 3.36. The van der Waals surface area contributed by atoms with Crippen LogP contribution < -0.4 is 4.74 Å². The van der Waals surface area contributed by atoms with Crippen molar-refractivity contribution in [2.45, 2.75) is 6.92 Å². The van der Waals surface area contributed by atoms with Crippen LogP contribution in [0.25, 0.3) is 6.08 Å². The van der Waals surface area contributed by atoms with Gasteiger partial charge in [-0.25, -0.2) is 0 Å². The van der Waals surface area contributed by atoms with Crippen LogP contribution in [0.2, 0.25) is 0 Å². The van der Waals surface area contributed by atoms with Crippen LogP contribution in [0, 0.1) is 3.57 Å². The lowest BCUT2D eigenvalue weighted by Gasteiger charge is -2.07. The molecule has 1 heterocycles. The van der Waals surface area contributed by atoms with E-state index >= 15 is 0 Å². The van der Waals surface area contributed by atoms with Crippen LogP contribution in [-0.2, 0) is 4.79 Å². The average molecular weight is 389 g/mol. The zero-order valence-corrected chi connectivity index (χ0v) is 13.4. The molecule has 0 atom stereocenters. The number of methoxy groups -OCH3 is 1. The summed E-state index contributed by atoms with van der Waals surface area (Å²) in [4.78, 5) is 25.2. The summed E-state index contributed by atoms with van der Waals surface area (Å²) in [6, 6.07) is 5.62. The molecule has 1 saturated heterocycles. The molecule has 0 N–H and O–H groups in total. The molecular weight excluding hydrogens is 377 g/mol. The quantitative estimate of drug-likeness (QED) is 0.588. The van der Waals surface area contributed by atoms with Crippen LogP contribution in [0.15, 0.2) is 23.1 Å². The first kappa shape index (κ1) is 14.4. The summed E-state index contributed by atoms with van der Waals surface area (Å²) in [7, 11) is 1.61. The highest BCUT2D eigenvalue weighted by Crippen LogP contribution is 2.32. The van der Waals surface area contributed by atoms with E-state index in [1.807, 2.05) is 18.2 Å². The van der Waals surface area contributed by atoms with Crippen molar-refractivity contribution < 1.29 is 14.3 Å². The van der Waals surface area contributed by atoms with E-state index in [9.17, 15) is 9.59 Å². The number of ether oxygens (including phenoxy) is 1. The topological polar surface area (TPSA) is 46.6 Å². The molecule has 1 aliphatic heterocycles. The Kier molecular flexibility index (Phi) is 4.51. The number of hydrogen-bond donors (Lipinski definition) is 0. The fourth-order valence-corrected chi connectivity index (χ4v) is 3.36. The first-order valence-electron chi connectivity index (χ1n) is 5.65. The van der Waals surface area contributed by atoms with Crippen molar-refractivity contribution in [2.24, 2.45) is 0 Å². The van der Waals surface area contributed by atoms with Crippen LogP contribution in [0.5, 0.6) is 5.75 Å². The molecule has 19 heavy (non-hydrogen) atoms. The van der Waals surface area contributed by atoms with E-state index < -0.39 is 0 Å². The fourth-order valence-electron chi connectivity index (χ4n) is 1.70. The van der Waals surface area contributed by atoms with E-state index in [2.05, 4.69) is 22.6 Å². The Bertz CT molecular complexity index is 571. The molecule has 1 fully saturated rings.